The molecule has 0 bridgehead atoms. The third-order valence-corrected chi connectivity index (χ3v) is 4.80. The molecule has 0 saturated heterocycles. The molecule has 3 aromatic rings. The summed E-state index contributed by atoms with van der Waals surface area (Å²) in [4.78, 5) is 7.24. The van der Waals surface area contributed by atoms with Crippen LogP contribution in [-0.2, 0) is 0 Å². The standard InChI is InChI=1S/C18H25N5S/c1-13-9-16(19-11-18(2,3)12-22(4)5)23-17(20-13)10-14(21-23)15-7-6-8-24-15/h6-10,19H,11-12H2,1-5H3/p+1. The number of nitrogens with zero attached hydrogens (tertiary/aromatic N) is 3. The fourth-order valence-electron chi connectivity index (χ4n) is 3.12. The van der Waals surface area contributed by atoms with Gasteiger partial charge in [-0.15, -0.1) is 11.3 Å². The summed E-state index contributed by atoms with van der Waals surface area (Å²) >= 11 is 1.70. The molecule has 0 radical (unpaired) electrons. The minimum Gasteiger partial charge on any atom is -0.369 e. The van der Waals surface area contributed by atoms with E-state index in [1.54, 1.807) is 11.3 Å². The van der Waals surface area contributed by atoms with Gasteiger partial charge in [-0.1, -0.05) is 19.9 Å². The molecule has 0 aromatic carbocycles. The number of fused-ring (bicyclic) bond motifs is 1. The number of aryl methyl sites for hydroxylation is 1. The molecule has 0 fully saturated rings. The molecule has 3 rings (SSSR count). The molecule has 0 atom stereocenters. The normalized spacial score (nSPS) is 12.2. The monoisotopic (exact) mass is 344 g/mol. The molecule has 128 valence electrons. The second-order valence-electron chi connectivity index (χ2n) is 7.46. The Morgan fingerprint density at radius 1 is 1.29 bits per heavy atom. The topological polar surface area (TPSA) is 46.7 Å². The van der Waals surface area contributed by atoms with Gasteiger partial charge in [0.2, 0.25) is 0 Å². The molecule has 3 aromatic heterocycles. The van der Waals surface area contributed by atoms with Crippen molar-refractivity contribution in [2.24, 2.45) is 5.41 Å². The summed E-state index contributed by atoms with van der Waals surface area (Å²) in [7, 11) is 4.38. The van der Waals surface area contributed by atoms with E-state index < -0.39 is 0 Å². The second-order valence-corrected chi connectivity index (χ2v) is 8.41. The van der Waals surface area contributed by atoms with E-state index in [0.29, 0.717) is 0 Å². The summed E-state index contributed by atoms with van der Waals surface area (Å²) in [5.41, 5.74) is 3.06. The van der Waals surface area contributed by atoms with Crippen LogP contribution in [0.15, 0.2) is 29.6 Å². The Bertz CT molecular complexity index is 817. The van der Waals surface area contributed by atoms with E-state index in [9.17, 15) is 0 Å². The van der Waals surface area contributed by atoms with Crippen LogP contribution in [0.25, 0.3) is 16.2 Å². The Morgan fingerprint density at radius 3 is 2.75 bits per heavy atom. The SMILES string of the molecule is Cc1cc(NCC(C)(C)C[NH+](C)C)n2nc(-c3cccs3)cc2n1. The van der Waals surface area contributed by atoms with Crippen molar-refractivity contribution in [3.8, 4) is 10.6 Å². The van der Waals surface area contributed by atoms with Crippen LogP contribution in [0.2, 0.25) is 0 Å². The molecule has 0 saturated carbocycles. The van der Waals surface area contributed by atoms with E-state index in [-0.39, 0.29) is 5.41 Å². The van der Waals surface area contributed by atoms with Crippen LogP contribution in [0, 0.1) is 12.3 Å². The molecular formula is C18H26N5S+. The molecule has 5 nitrogen and oxygen atoms in total. The maximum absolute atomic E-state index is 4.75. The number of anilines is 1. The maximum Gasteiger partial charge on any atom is 0.158 e. The Kier molecular flexibility index (Phi) is 4.60. The Balaban J connectivity index is 1.90. The zero-order chi connectivity index (χ0) is 17.3. The van der Waals surface area contributed by atoms with Crippen molar-refractivity contribution in [1.82, 2.24) is 14.6 Å². The first kappa shape index (κ1) is 16.9. The van der Waals surface area contributed by atoms with Crippen LogP contribution in [-0.4, -0.2) is 41.8 Å². The first-order valence-corrected chi connectivity index (χ1v) is 9.16. The second kappa shape index (κ2) is 6.53. The number of aromatic nitrogens is 3. The fraction of sp³-hybridized carbons (Fsp3) is 0.444. The first-order valence-electron chi connectivity index (χ1n) is 8.28. The Labute approximate surface area is 147 Å². The summed E-state index contributed by atoms with van der Waals surface area (Å²) in [6.07, 6.45) is 0. The number of rotatable bonds is 6. The number of hydrogen-bond donors (Lipinski definition) is 2. The maximum atomic E-state index is 4.75. The molecule has 6 heteroatoms. The predicted octanol–water partition coefficient (Wildman–Crippen LogP) is 2.35. The largest absolute Gasteiger partial charge is 0.369 e. The molecule has 0 unspecified atom stereocenters. The van der Waals surface area contributed by atoms with Gasteiger partial charge < -0.3 is 10.2 Å². The summed E-state index contributed by atoms with van der Waals surface area (Å²) in [6, 6.07) is 8.26. The van der Waals surface area contributed by atoms with Crippen LogP contribution < -0.4 is 10.2 Å². The fourth-order valence-corrected chi connectivity index (χ4v) is 3.80. The van der Waals surface area contributed by atoms with Crippen LogP contribution in [0.1, 0.15) is 19.5 Å². The summed E-state index contributed by atoms with van der Waals surface area (Å²) in [6.45, 7) is 8.60. The van der Waals surface area contributed by atoms with Gasteiger partial charge >= 0.3 is 0 Å². The van der Waals surface area contributed by atoms with E-state index in [1.807, 2.05) is 17.5 Å². The quantitative estimate of drug-likeness (QED) is 0.722. The highest BCUT2D eigenvalue weighted by molar-refractivity contribution is 7.13. The van der Waals surface area contributed by atoms with Crippen molar-refractivity contribution in [2.45, 2.75) is 20.8 Å². The lowest BCUT2D eigenvalue weighted by atomic mass is 9.93. The van der Waals surface area contributed by atoms with E-state index >= 15 is 0 Å². The van der Waals surface area contributed by atoms with Gasteiger partial charge in [-0.2, -0.15) is 9.61 Å². The van der Waals surface area contributed by atoms with E-state index in [4.69, 9.17) is 5.10 Å². The highest BCUT2D eigenvalue weighted by Gasteiger charge is 2.22. The van der Waals surface area contributed by atoms with Crippen molar-refractivity contribution in [2.75, 3.05) is 32.5 Å². The minimum absolute atomic E-state index is 0.200. The third-order valence-electron chi connectivity index (χ3n) is 3.91. The molecule has 24 heavy (non-hydrogen) atoms. The molecule has 0 spiro atoms. The zero-order valence-corrected chi connectivity index (χ0v) is 15.9. The van der Waals surface area contributed by atoms with Crippen LogP contribution in [0.5, 0.6) is 0 Å². The Morgan fingerprint density at radius 2 is 2.08 bits per heavy atom. The van der Waals surface area contributed by atoms with Crippen molar-refractivity contribution in [3.05, 3.63) is 35.3 Å². The highest BCUT2D eigenvalue weighted by Crippen LogP contribution is 2.26. The predicted molar refractivity (Wildman–Crippen MR) is 101 cm³/mol. The van der Waals surface area contributed by atoms with Gasteiger partial charge in [-0.05, 0) is 18.4 Å². The van der Waals surface area contributed by atoms with Gasteiger partial charge in [0, 0.05) is 29.8 Å². The lowest BCUT2D eigenvalue weighted by Crippen LogP contribution is -3.07. The van der Waals surface area contributed by atoms with Crippen molar-refractivity contribution < 1.29 is 4.90 Å². The smallest absolute Gasteiger partial charge is 0.158 e. The number of hydrogen-bond acceptors (Lipinski definition) is 4. The number of thiophene rings is 1. The van der Waals surface area contributed by atoms with Crippen LogP contribution in [0.4, 0.5) is 5.82 Å². The summed E-state index contributed by atoms with van der Waals surface area (Å²) in [5, 5.41) is 10.4. The molecule has 0 aliphatic rings. The Hall–Kier alpha value is -1.92. The number of nitrogens with one attached hydrogen (secondary N) is 2. The lowest BCUT2D eigenvalue weighted by molar-refractivity contribution is -0.865. The zero-order valence-electron chi connectivity index (χ0n) is 15.1. The molecule has 0 aliphatic heterocycles. The van der Waals surface area contributed by atoms with E-state index in [1.165, 1.54) is 9.78 Å². The average Bonchev–Trinajstić information content (AvgIpc) is 3.11. The van der Waals surface area contributed by atoms with Crippen LogP contribution >= 0.6 is 11.3 Å². The highest BCUT2D eigenvalue weighted by atomic mass is 32.1. The van der Waals surface area contributed by atoms with Gasteiger partial charge in [0.1, 0.15) is 11.5 Å². The van der Waals surface area contributed by atoms with E-state index in [2.05, 4.69) is 61.8 Å². The van der Waals surface area contributed by atoms with Crippen molar-refractivity contribution in [1.29, 1.82) is 0 Å². The van der Waals surface area contributed by atoms with Gasteiger partial charge in [0.15, 0.2) is 5.65 Å². The molecular weight excluding hydrogens is 318 g/mol. The lowest BCUT2D eigenvalue weighted by Gasteiger charge is -2.26. The van der Waals surface area contributed by atoms with Gasteiger partial charge in [0.05, 0.1) is 25.5 Å². The molecule has 0 aliphatic carbocycles. The van der Waals surface area contributed by atoms with Crippen molar-refractivity contribution in [3.63, 3.8) is 0 Å². The van der Waals surface area contributed by atoms with E-state index in [0.717, 1.165) is 35.9 Å². The average molecular weight is 345 g/mol. The van der Waals surface area contributed by atoms with Gasteiger partial charge in [0.25, 0.3) is 0 Å². The molecule has 0 amide bonds. The molecule has 2 N–H and O–H groups in total. The first-order chi connectivity index (χ1) is 11.3. The van der Waals surface area contributed by atoms with Crippen LogP contribution in [0.3, 0.4) is 0 Å². The minimum atomic E-state index is 0.200. The molecule has 3 heterocycles. The summed E-state index contributed by atoms with van der Waals surface area (Å²) in [5.74, 6) is 1.00. The number of quaternary nitrogens is 1. The van der Waals surface area contributed by atoms with Gasteiger partial charge in [-0.25, -0.2) is 4.98 Å². The van der Waals surface area contributed by atoms with Gasteiger partial charge in [-0.3, -0.25) is 0 Å². The van der Waals surface area contributed by atoms with Crippen molar-refractivity contribution >= 4 is 22.8 Å². The third kappa shape index (κ3) is 3.76. The summed E-state index contributed by atoms with van der Waals surface area (Å²) < 4.78 is 1.92.